The summed E-state index contributed by atoms with van der Waals surface area (Å²) in [5.74, 6) is -0.452. The predicted molar refractivity (Wildman–Crippen MR) is 78.5 cm³/mol. The van der Waals surface area contributed by atoms with Gasteiger partial charge >= 0.3 is 0 Å². The molecule has 1 aromatic heterocycles. The van der Waals surface area contributed by atoms with Crippen LogP contribution in [0.1, 0.15) is 25.0 Å². The number of primary amides is 1. The fourth-order valence-corrected chi connectivity index (χ4v) is 2.18. The number of aromatic nitrogens is 1. The molecule has 0 unspecified atom stereocenters. The van der Waals surface area contributed by atoms with Crippen LogP contribution < -0.4 is 11.5 Å². The molecule has 0 aliphatic carbocycles. The third kappa shape index (κ3) is 3.23. The summed E-state index contributed by atoms with van der Waals surface area (Å²) in [5, 5.41) is 1.13. The zero-order valence-corrected chi connectivity index (χ0v) is 11.2. The third-order valence-corrected chi connectivity index (χ3v) is 2.91. The molecule has 0 fully saturated rings. The first-order chi connectivity index (χ1) is 8.87. The van der Waals surface area contributed by atoms with Gasteiger partial charge in [0.1, 0.15) is 0 Å². The van der Waals surface area contributed by atoms with Crippen molar-refractivity contribution in [3.8, 4) is 0 Å². The van der Waals surface area contributed by atoms with Gasteiger partial charge in [-0.3, -0.25) is 4.79 Å². The first-order valence-electron chi connectivity index (χ1n) is 6.22. The van der Waals surface area contributed by atoms with Crippen molar-refractivity contribution < 1.29 is 4.79 Å². The monoisotopic (exact) mass is 257 g/mol. The van der Waals surface area contributed by atoms with E-state index in [0.717, 1.165) is 22.9 Å². The van der Waals surface area contributed by atoms with Crippen LogP contribution in [0, 0.1) is 0 Å². The number of amides is 1. The number of carbonyl (C=O) groups excluding carboxylic acids is 1. The number of aromatic amines is 1. The van der Waals surface area contributed by atoms with Gasteiger partial charge in [-0.05, 0) is 37.5 Å². The summed E-state index contributed by atoms with van der Waals surface area (Å²) in [6.45, 7) is 4.01. The van der Waals surface area contributed by atoms with Gasteiger partial charge in [0.05, 0.1) is 5.52 Å². The van der Waals surface area contributed by atoms with Gasteiger partial charge in [0.2, 0.25) is 5.91 Å². The molecular weight excluding hydrogens is 238 g/mol. The van der Waals surface area contributed by atoms with Crippen LogP contribution >= 0.6 is 0 Å². The summed E-state index contributed by atoms with van der Waals surface area (Å²) in [4.78, 5) is 14.1. The molecule has 4 heteroatoms. The summed E-state index contributed by atoms with van der Waals surface area (Å²) in [5.41, 5.74) is 14.0. The Balaban J connectivity index is 2.45. The van der Waals surface area contributed by atoms with E-state index in [2.05, 4.69) is 11.1 Å². The quantitative estimate of drug-likeness (QED) is 0.731. The highest BCUT2D eigenvalue weighted by atomic mass is 16.1. The first-order valence-corrected chi connectivity index (χ1v) is 6.22. The van der Waals surface area contributed by atoms with Gasteiger partial charge in [-0.15, -0.1) is 0 Å². The number of carbonyl (C=O) groups is 1. The van der Waals surface area contributed by atoms with Crippen LogP contribution in [0.4, 0.5) is 0 Å². The number of H-pyrrole nitrogens is 1. The van der Waals surface area contributed by atoms with Gasteiger partial charge in [0.15, 0.2) is 0 Å². The number of benzene rings is 1. The van der Waals surface area contributed by atoms with Crippen molar-refractivity contribution in [1.29, 1.82) is 0 Å². The molecule has 0 saturated heterocycles. The van der Waals surface area contributed by atoms with E-state index in [1.807, 2.05) is 32.2 Å². The van der Waals surface area contributed by atoms with E-state index in [4.69, 9.17) is 11.5 Å². The van der Waals surface area contributed by atoms with Crippen molar-refractivity contribution in [2.45, 2.75) is 25.8 Å². The van der Waals surface area contributed by atoms with Gasteiger partial charge in [-0.1, -0.05) is 18.2 Å². The van der Waals surface area contributed by atoms with E-state index in [9.17, 15) is 4.79 Å². The second-order valence-electron chi connectivity index (χ2n) is 5.48. The van der Waals surface area contributed by atoms with Gasteiger partial charge < -0.3 is 16.5 Å². The molecule has 4 nitrogen and oxygen atoms in total. The van der Waals surface area contributed by atoms with Crippen LogP contribution in [0.3, 0.4) is 0 Å². The predicted octanol–water partition coefficient (Wildman–Crippen LogP) is 1.95. The van der Waals surface area contributed by atoms with Crippen molar-refractivity contribution >= 4 is 22.9 Å². The zero-order chi connectivity index (χ0) is 14.0. The highest BCUT2D eigenvalue weighted by Gasteiger charge is 2.15. The van der Waals surface area contributed by atoms with Crippen molar-refractivity contribution in [2.75, 3.05) is 0 Å². The average molecular weight is 257 g/mol. The van der Waals surface area contributed by atoms with Crippen LogP contribution in [0.2, 0.25) is 0 Å². The molecule has 1 heterocycles. The lowest BCUT2D eigenvalue weighted by atomic mass is 9.95. The van der Waals surface area contributed by atoms with E-state index in [1.165, 1.54) is 11.6 Å². The fraction of sp³-hybridized carbons (Fsp3) is 0.267. The topological polar surface area (TPSA) is 84.9 Å². The maximum absolute atomic E-state index is 10.8. The Bertz CT molecular complexity index is 632. The molecule has 5 N–H and O–H groups in total. The maximum atomic E-state index is 10.8. The Labute approximate surface area is 112 Å². The molecule has 0 radical (unpaired) electrons. The summed E-state index contributed by atoms with van der Waals surface area (Å²) >= 11 is 0. The number of fused-ring (bicyclic) bond motifs is 1. The molecule has 1 amide bonds. The van der Waals surface area contributed by atoms with Crippen molar-refractivity contribution in [2.24, 2.45) is 11.5 Å². The SMILES string of the molecule is CC(C)(N)Cc1c[nH]c2c(/C=C/C(N)=O)cccc12. The smallest absolute Gasteiger partial charge is 0.241 e. The summed E-state index contributed by atoms with van der Waals surface area (Å²) in [6.07, 6.45) is 5.84. The Morgan fingerprint density at radius 3 is 2.79 bits per heavy atom. The summed E-state index contributed by atoms with van der Waals surface area (Å²) in [6, 6.07) is 5.95. The molecular formula is C15H19N3O. The van der Waals surface area contributed by atoms with Crippen LogP contribution in [-0.4, -0.2) is 16.4 Å². The van der Waals surface area contributed by atoms with Crippen molar-refractivity contribution in [3.63, 3.8) is 0 Å². The molecule has 0 aliphatic heterocycles. The minimum absolute atomic E-state index is 0.256. The van der Waals surface area contributed by atoms with E-state index >= 15 is 0 Å². The number of para-hydroxylation sites is 1. The second kappa shape index (κ2) is 4.90. The number of nitrogens with two attached hydrogens (primary N) is 2. The largest absolute Gasteiger partial charge is 0.366 e. The third-order valence-electron chi connectivity index (χ3n) is 2.91. The van der Waals surface area contributed by atoms with Gasteiger partial charge in [0.25, 0.3) is 0 Å². The molecule has 2 rings (SSSR count). The molecule has 0 bridgehead atoms. The standard InChI is InChI=1S/C15H19N3O/c1-15(2,17)8-11-9-18-14-10(6-7-13(16)19)4-3-5-12(11)14/h3-7,9,18H,8,17H2,1-2H3,(H2,16,19)/b7-6+. The Kier molecular flexibility index (Phi) is 3.44. The number of hydrogen-bond donors (Lipinski definition) is 3. The van der Waals surface area contributed by atoms with Gasteiger partial charge in [-0.25, -0.2) is 0 Å². The van der Waals surface area contributed by atoms with Gasteiger partial charge in [0, 0.05) is 23.2 Å². The lowest BCUT2D eigenvalue weighted by molar-refractivity contribution is -0.113. The zero-order valence-electron chi connectivity index (χ0n) is 11.2. The highest BCUT2D eigenvalue weighted by Crippen LogP contribution is 2.25. The van der Waals surface area contributed by atoms with Crippen molar-refractivity contribution in [1.82, 2.24) is 4.98 Å². The van der Waals surface area contributed by atoms with Crippen molar-refractivity contribution in [3.05, 3.63) is 41.6 Å². The van der Waals surface area contributed by atoms with Crippen LogP contribution in [0.5, 0.6) is 0 Å². The molecule has 0 spiro atoms. The van der Waals surface area contributed by atoms with E-state index in [-0.39, 0.29) is 5.54 Å². The molecule has 19 heavy (non-hydrogen) atoms. The second-order valence-corrected chi connectivity index (χ2v) is 5.48. The summed E-state index contributed by atoms with van der Waals surface area (Å²) in [7, 11) is 0. The molecule has 100 valence electrons. The normalized spacial score (nSPS) is 12.4. The Morgan fingerprint density at radius 1 is 1.42 bits per heavy atom. The summed E-state index contributed by atoms with van der Waals surface area (Å²) < 4.78 is 0. The minimum Gasteiger partial charge on any atom is -0.366 e. The first kappa shape index (κ1) is 13.4. The van der Waals surface area contributed by atoms with Crippen LogP contribution in [0.15, 0.2) is 30.5 Å². The van der Waals surface area contributed by atoms with E-state index < -0.39 is 5.91 Å². The maximum Gasteiger partial charge on any atom is 0.241 e. The van der Waals surface area contributed by atoms with Gasteiger partial charge in [-0.2, -0.15) is 0 Å². The van der Waals surface area contributed by atoms with E-state index in [0.29, 0.717) is 0 Å². The molecule has 1 aromatic carbocycles. The molecule has 2 aromatic rings. The lowest BCUT2D eigenvalue weighted by Gasteiger charge is -2.17. The Morgan fingerprint density at radius 2 is 2.16 bits per heavy atom. The molecule has 0 atom stereocenters. The molecule has 0 saturated carbocycles. The van der Waals surface area contributed by atoms with E-state index in [1.54, 1.807) is 6.08 Å². The Hall–Kier alpha value is -2.07. The average Bonchev–Trinajstić information content (AvgIpc) is 2.68. The number of rotatable bonds is 4. The lowest BCUT2D eigenvalue weighted by Crippen LogP contribution is -2.34. The van der Waals surface area contributed by atoms with Crippen LogP contribution in [0.25, 0.3) is 17.0 Å². The molecule has 0 aliphatic rings. The fourth-order valence-electron chi connectivity index (χ4n) is 2.18. The number of nitrogens with one attached hydrogen (secondary N) is 1. The highest BCUT2D eigenvalue weighted by molar-refractivity contribution is 5.95. The minimum atomic E-state index is -0.452. The van der Waals surface area contributed by atoms with Crippen LogP contribution in [-0.2, 0) is 11.2 Å². The number of hydrogen-bond acceptors (Lipinski definition) is 2.